The lowest BCUT2D eigenvalue weighted by Gasteiger charge is -2.25. The number of alkyl halides is 1. The second-order valence-corrected chi connectivity index (χ2v) is 5.47. The monoisotopic (exact) mass is 256 g/mol. The zero-order valence-electron chi connectivity index (χ0n) is 9.75. The second-order valence-electron chi connectivity index (χ2n) is 2.81. The van der Waals surface area contributed by atoms with Gasteiger partial charge in [-0.2, -0.15) is 0 Å². The van der Waals surface area contributed by atoms with Crippen molar-refractivity contribution in [2.24, 2.45) is 0 Å². The molecule has 0 spiro atoms. The van der Waals surface area contributed by atoms with E-state index in [4.69, 9.17) is 29.3 Å². The van der Waals surface area contributed by atoms with Gasteiger partial charge in [-0.25, -0.2) is 0 Å². The minimum atomic E-state index is -2.86. The summed E-state index contributed by atoms with van der Waals surface area (Å²) in [6.07, 6.45) is 1.82. The lowest BCUT2D eigenvalue weighted by molar-refractivity contribution is -0.0175. The Hall–Kier alpha value is 0.347. The molecule has 0 aromatic heterocycles. The van der Waals surface area contributed by atoms with Crippen LogP contribution in [0.1, 0.15) is 26.7 Å². The fraction of sp³-hybridized carbons (Fsp3) is 1.00. The Morgan fingerprint density at radius 2 is 1.60 bits per heavy atom. The summed E-state index contributed by atoms with van der Waals surface area (Å²) in [7, 11) is -1.31. The van der Waals surface area contributed by atoms with E-state index in [-0.39, 0.29) is 0 Å². The van der Waals surface area contributed by atoms with Gasteiger partial charge >= 0.3 is 9.05 Å². The van der Waals surface area contributed by atoms with Gasteiger partial charge in [-0.15, -0.1) is 11.6 Å². The van der Waals surface area contributed by atoms with Gasteiger partial charge in [0.05, 0.1) is 0 Å². The molecule has 4 nitrogen and oxygen atoms in total. The van der Waals surface area contributed by atoms with E-state index in [1.807, 2.05) is 13.8 Å². The molecule has 0 saturated heterocycles. The highest BCUT2D eigenvalue weighted by Crippen LogP contribution is 2.11. The van der Waals surface area contributed by atoms with Crippen molar-refractivity contribution >= 4 is 20.6 Å². The molecule has 0 aliphatic heterocycles. The van der Waals surface area contributed by atoms with Gasteiger partial charge in [-0.3, -0.25) is 0 Å². The van der Waals surface area contributed by atoms with Crippen molar-refractivity contribution in [3.63, 3.8) is 0 Å². The second kappa shape index (κ2) is 9.56. The lowest BCUT2D eigenvalue weighted by Crippen LogP contribution is -2.48. The zero-order chi connectivity index (χ0) is 11.6. The summed E-state index contributed by atoms with van der Waals surface area (Å²) >= 11 is 5.57. The molecule has 15 heavy (non-hydrogen) atoms. The quantitative estimate of drug-likeness (QED) is 0.341. The largest absolute Gasteiger partial charge is 0.679 e. The van der Waals surface area contributed by atoms with Crippen LogP contribution >= 0.6 is 11.6 Å². The van der Waals surface area contributed by atoms with E-state index < -0.39 is 9.05 Å². The summed E-state index contributed by atoms with van der Waals surface area (Å²) in [5, 5.41) is 0. The van der Waals surface area contributed by atoms with Crippen LogP contribution in [-0.2, 0) is 17.7 Å². The molecule has 0 radical (unpaired) electrons. The maximum Gasteiger partial charge on any atom is 0.679 e. The first kappa shape index (κ1) is 15.3. The standard InChI is InChI=1S/C9H21ClO4Si/c1-4-12-15(11-3,13-5-2)14-9-7-6-8-10/h4-9H2,1-3H3. The van der Waals surface area contributed by atoms with Crippen molar-refractivity contribution in [3.8, 4) is 0 Å². The van der Waals surface area contributed by atoms with Crippen LogP contribution in [0.4, 0.5) is 0 Å². The third kappa shape index (κ3) is 6.50. The predicted octanol–water partition coefficient (Wildman–Crippen LogP) is 2.18. The molecule has 0 rings (SSSR count). The summed E-state index contributed by atoms with van der Waals surface area (Å²) in [4.78, 5) is 0. The molecule has 0 aromatic carbocycles. The molecule has 0 aliphatic carbocycles. The van der Waals surface area contributed by atoms with Crippen molar-refractivity contribution < 1.29 is 17.7 Å². The summed E-state index contributed by atoms with van der Waals surface area (Å²) in [5.74, 6) is 0.647. The van der Waals surface area contributed by atoms with Gasteiger partial charge in [0.2, 0.25) is 0 Å². The molecule has 0 aromatic rings. The third-order valence-electron chi connectivity index (χ3n) is 1.70. The molecule has 0 N–H and O–H groups in total. The number of hydrogen-bond donors (Lipinski definition) is 0. The zero-order valence-corrected chi connectivity index (χ0v) is 11.5. The van der Waals surface area contributed by atoms with E-state index in [1.54, 1.807) is 7.11 Å². The number of halogens is 1. The molecule has 0 saturated carbocycles. The molecule has 92 valence electrons. The molecule has 0 heterocycles. The molecular formula is C9H21ClO4Si. The van der Waals surface area contributed by atoms with Crippen LogP contribution in [0.3, 0.4) is 0 Å². The molecule has 0 atom stereocenters. The topological polar surface area (TPSA) is 36.9 Å². The Kier molecular flexibility index (Phi) is 9.79. The lowest BCUT2D eigenvalue weighted by atomic mass is 10.4. The van der Waals surface area contributed by atoms with E-state index >= 15 is 0 Å². The molecular weight excluding hydrogens is 236 g/mol. The van der Waals surface area contributed by atoms with Gasteiger partial charge in [0.15, 0.2) is 0 Å². The first-order valence-corrected chi connectivity index (χ1v) is 7.44. The van der Waals surface area contributed by atoms with Crippen molar-refractivity contribution in [2.75, 3.05) is 32.8 Å². The Morgan fingerprint density at radius 3 is 2.00 bits per heavy atom. The maximum atomic E-state index is 5.58. The number of unbranched alkanes of at least 4 members (excludes halogenated alkanes) is 1. The SMILES string of the molecule is CCO[Si](OC)(OCC)OCCCCCl. The third-order valence-corrected chi connectivity index (χ3v) is 4.31. The molecule has 0 bridgehead atoms. The number of rotatable bonds is 10. The minimum absolute atomic E-state index is 0.523. The fourth-order valence-electron chi connectivity index (χ4n) is 1.05. The highest BCUT2D eigenvalue weighted by molar-refractivity contribution is 6.53. The summed E-state index contributed by atoms with van der Waals surface area (Å²) in [6, 6.07) is 0. The van der Waals surface area contributed by atoms with Crippen molar-refractivity contribution in [1.29, 1.82) is 0 Å². The molecule has 6 heteroatoms. The van der Waals surface area contributed by atoms with Crippen LogP contribution in [0.15, 0.2) is 0 Å². The van der Waals surface area contributed by atoms with Crippen LogP contribution in [-0.4, -0.2) is 41.9 Å². The number of hydrogen-bond acceptors (Lipinski definition) is 4. The van der Waals surface area contributed by atoms with Crippen LogP contribution in [0, 0.1) is 0 Å². The van der Waals surface area contributed by atoms with E-state index in [0.717, 1.165) is 12.8 Å². The van der Waals surface area contributed by atoms with Crippen molar-refractivity contribution in [2.45, 2.75) is 26.7 Å². The van der Waals surface area contributed by atoms with Gasteiger partial charge in [0, 0.05) is 32.8 Å². The van der Waals surface area contributed by atoms with Crippen LogP contribution in [0.2, 0.25) is 0 Å². The molecule has 0 aliphatic rings. The first-order chi connectivity index (χ1) is 7.24. The first-order valence-electron chi connectivity index (χ1n) is 5.27. The molecule has 0 unspecified atom stereocenters. The van der Waals surface area contributed by atoms with Gasteiger partial charge in [0.1, 0.15) is 0 Å². The van der Waals surface area contributed by atoms with E-state index in [2.05, 4.69) is 0 Å². The van der Waals surface area contributed by atoms with Gasteiger partial charge in [0.25, 0.3) is 0 Å². The average Bonchev–Trinajstić information content (AvgIpc) is 2.25. The Labute approximate surface area is 98.3 Å². The van der Waals surface area contributed by atoms with Crippen LogP contribution in [0.25, 0.3) is 0 Å². The normalized spacial score (nSPS) is 12.0. The van der Waals surface area contributed by atoms with Gasteiger partial charge in [-0.1, -0.05) is 0 Å². The summed E-state index contributed by atoms with van der Waals surface area (Å²) in [6.45, 7) is 5.39. The average molecular weight is 257 g/mol. The van der Waals surface area contributed by atoms with Gasteiger partial charge in [-0.05, 0) is 26.7 Å². The molecule has 0 fully saturated rings. The predicted molar refractivity (Wildman–Crippen MR) is 61.9 cm³/mol. The summed E-state index contributed by atoms with van der Waals surface area (Å²) < 4.78 is 21.7. The van der Waals surface area contributed by atoms with E-state index in [0.29, 0.717) is 25.7 Å². The highest BCUT2D eigenvalue weighted by atomic mass is 35.5. The Morgan fingerprint density at radius 1 is 1.00 bits per heavy atom. The van der Waals surface area contributed by atoms with Crippen molar-refractivity contribution in [3.05, 3.63) is 0 Å². The van der Waals surface area contributed by atoms with Gasteiger partial charge < -0.3 is 17.7 Å². The highest BCUT2D eigenvalue weighted by Gasteiger charge is 2.43. The Balaban J connectivity index is 3.96. The maximum absolute atomic E-state index is 5.58. The van der Waals surface area contributed by atoms with Crippen LogP contribution in [0.5, 0.6) is 0 Å². The Bertz CT molecular complexity index is 142. The molecule has 0 amide bonds. The van der Waals surface area contributed by atoms with Crippen molar-refractivity contribution in [1.82, 2.24) is 0 Å². The fourth-order valence-corrected chi connectivity index (χ4v) is 2.94. The summed E-state index contributed by atoms with van der Waals surface area (Å²) in [5.41, 5.74) is 0. The van der Waals surface area contributed by atoms with E-state index in [9.17, 15) is 0 Å². The van der Waals surface area contributed by atoms with Crippen LogP contribution < -0.4 is 0 Å². The van der Waals surface area contributed by atoms with E-state index in [1.165, 1.54) is 0 Å². The smallest absolute Gasteiger partial charge is 0.355 e. The minimum Gasteiger partial charge on any atom is -0.355 e.